The van der Waals surface area contributed by atoms with Gasteiger partial charge in [-0.25, -0.2) is 4.79 Å². The predicted octanol–water partition coefficient (Wildman–Crippen LogP) is 5.12. The molecule has 142 valence electrons. The van der Waals surface area contributed by atoms with Crippen molar-refractivity contribution < 1.29 is 14.3 Å². The van der Waals surface area contributed by atoms with Gasteiger partial charge < -0.3 is 9.72 Å². The maximum Gasteiger partial charge on any atom is 0.355 e. The fourth-order valence-corrected chi connectivity index (χ4v) is 4.57. The van der Waals surface area contributed by atoms with Crippen molar-refractivity contribution in [2.24, 2.45) is 0 Å². The van der Waals surface area contributed by atoms with Crippen molar-refractivity contribution in [2.45, 2.75) is 70.3 Å². The summed E-state index contributed by atoms with van der Waals surface area (Å²) in [5, 5.41) is 0. The van der Waals surface area contributed by atoms with Crippen LogP contribution in [-0.4, -0.2) is 22.8 Å². The summed E-state index contributed by atoms with van der Waals surface area (Å²) in [5.41, 5.74) is 3.97. The zero-order valence-electron chi connectivity index (χ0n) is 15.9. The second kappa shape index (κ2) is 7.71. The number of aromatic amines is 1. The molecule has 2 aromatic rings. The number of ether oxygens (including phenoxy) is 1. The van der Waals surface area contributed by atoms with Gasteiger partial charge in [-0.15, -0.1) is 0 Å². The summed E-state index contributed by atoms with van der Waals surface area (Å²) < 4.78 is 5.78. The largest absolute Gasteiger partial charge is 0.458 e. The average molecular weight is 365 g/mol. The van der Waals surface area contributed by atoms with Crippen LogP contribution >= 0.6 is 0 Å². The number of nitrogens with one attached hydrogen (secondary N) is 1. The molecule has 1 heterocycles. The van der Waals surface area contributed by atoms with E-state index in [0.29, 0.717) is 17.7 Å². The lowest BCUT2D eigenvalue weighted by atomic mass is 9.81. The molecular weight excluding hydrogens is 338 g/mol. The van der Waals surface area contributed by atoms with Crippen LogP contribution in [0.2, 0.25) is 0 Å². The Bertz CT molecular complexity index is 829. The van der Waals surface area contributed by atoms with Gasteiger partial charge >= 0.3 is 5.97 Å². The highest BCUT2D eigenvalue weighted by atomic mass is 16.5. The Morgan fingerprint density at radius 3 is 2.44 bits per heavy atom. The van der Waals surface area contributed by atoms with Gasteiger partial charge in [0, 0.05) is 17.7 Å². The van der Waals surface area contributed by atoms with Crippen LogP contribution in [0.25, 0.3) is 0 Å². The summed E-state index contributed by atoms with van der Waals surface area (Å²) in [6.07, 6.45) is 7.83. The number of Topliss-reactive ketones (excluding diaryl/α,β-unsaturated/α-hetero) is 1. The molecule has 0 bridgehead atoms. The molecule has 4 nitrogen and oxygen atoms in total. The Balaban J connectivity index is 1.55. The maximum absolute atomic E-state index is 12.8. The molecule has 1 atom stereocenters. The number of esters is 1. The Hall–Kier alpha value is -2.36. The third-order valence-electron chi connectivity index (χ3n) is 6.04. The zero-order chi connectivity index (χ0) is 18.8. The van der Waals surface area contributed by atoms with Crippen LogP contribution in [0.3, 0.4) is 0 Å². The molecule has 0 amide bonds. The van der Waals surface area contributed by atoms with E-state index >= 15 is 0 Å². The van der Waals surface area contributed by atoms with E-state index in [9.17, 15) is 9.59 Å². The smallest absolute Gasteiger partial charge is 0.355 e. The fraction of sp³-hybridized carbons (Fsp3) is 0.478. The molecule has 0 unspecified atom stereocenters. The first-order chi connectivity index (χ1) is 13.1. The van der Waals surface area contributed by atoms with E-state index in [4.69, 9.17) is 4.74 Å². The van der Waals surface area contributed by atoms with Crippen LogP contribution in [0.5, 0.6) is 0 Å². The summed E-state index contributed by atoms with van der Waals surface area (Å²) in [6.45, 7) is 1.86. The molecule has 2 aliphatic rings. The average Bonchev–Trinajstić information content (AvgIpc) is 2.83. The second-order valence-corrected chi connectivity index (χ2v) is 7.94. The Morgan fingerprint density at radius 1 is 1.04 bits per heavy atom. The summed E-state index contributed by atoms with van der Waals surface area (Å²) >= 11 is 0. The predicted molar refractivity (Wildman–Crippen MR) is 104 cm³/mol. The third-order valence-corrected chi connectivity index (χ3v) is 6.04. The van der Waals surface area contributed by atoms with Gasteiger partial charge in [-0.2, -0.15) is 0 Å². The van der Waals surface area contributed by atoms with Gasteiger partial charge in [0.05, 0.1) is 0 Å². The molecule has 1 aromatic heterocycles. The van der Waals surface area contributed by atoms with Crippen molar-refractivity contribution in [3.8, 4) is 0 Å². The van der Waals surface area contributed by atoms with Crippen molar-refractivity contribution >= 4 is 11.8 Å². The number of H-pyrrole nitrogens is 1. The van der Waals surface area contributed by atoms with E-state index in [0.717, 1.165) is 43.4 Å². The van der Waals surface area contributed by atoms with Crippen molar-refractivity contribution in [2.75, 3.05) is 0 Å². The lowest BCUT2D eigenvalue weighted by Gasteiger charge is -2.22. The monoisotopic (exact) mass is 365 g/mol. The first-order valence-electron chi connectivity index (χ1n) is 10.1. The van der Waals surface area contributed by atoms with Gasteiger partial charge in [-0.3, -0.25) is 4.79 Å². The first-order valence-corrected chi connectivity index (χ1v) is 10.1. The quantitative estimate of drug-likeness (QED) is 0.607. The molecule has 0 radical (unpaired) electrons. The number of hydrogen-bond acceptors (Lipinski definition) is 3. The van der Waals surface area contributed by atoms with Gasteiger partial charge in [0.1, 0.15) is 11.8 Å². The summed E-state index contributed by atoms with van der Waals surface area (Å²) in [7, 11) is 0. The molecule has 1 aromatic carbocycles. The van der Waals surface area contributed by atoms with Gasteiger partial charge in [-0.05, 0) is 56.1 Å². The van der Waals surface area contributed by atoms with E-state index in [1.54, 1.807) is 0 Å². The molecule has 0 spiro atoms. The van der Waals surface area contributed by atoms with Crippen LogP contribution in [-0.2, 0) is 11.2 Å². The standard InChI is InChI=1S/C23H27NO3/c1-15-21-19(13-17(14-20(21)25)16-9-5-4-6-10-16)24-22(15)23(26)27-18-11-7-2-3-8-12-18/h4-6,9-10,17-18,24H,2-3,7-8,11-14H2,1H3/t17-/m0/s1. The molecule has 27 heavy (non-hydrogen) atoms. The van der Waals surface area contributed by atoms with Crippen LogP contribution in [0.15, 0.2) is 30.3 Å². The highest BCUT2D eigenvalue weighted by Gasteiger charge is 2.32. The van der Waals surface area contributed by atoms with Gasteiger partial charge in [0.25, 0.3) is 0 Å². The van der Waals surface area contributed by atoms with E-state index in [2.05, 4.69) is 17.1 Å². The third kappa shape index (κ3) is 3.71. The van der Waals surface area contributed by atoms with Crippen molar-refractivity contribution in [3.63, 3.8) is 0 Å². The first kappa shape index (κ1) is 18.0. The number of hydrogen-bond donors (Lipinski definition) is 1. The van der Waals surface area contributed by atoms with Crippen LogP contribution in [0, 0.1) is 6.92 Å². The van der Waals surface area contributed by atoms with E-state index < -0.39 is 0 Å². The number of fused-ring (bicyclic) bond motifs is 1. The minimum absolute atomic E-state index is 0.00694. The highest BCUT2D eigenvalue weighted by molar-refractivity contribution is 6.03. The molecule has 1 fully saturated rings. The summed E-state index contributed by atoms with van der Waals surface area (Å²) in [5.74, 6) is -0.0276. The molecular formula is C23H27NO3. The number of carbonyl (C=O) groups excluding carboxylic acids is 2. The van der Waals surface area contributed by atoms with Crippen molar-refractivity contribution in [1.82, 2.24) is 4.98 Å². The maximum atomic E-state index is 12.8. The minimum Gasteiger partial charge on any atom is -0.458 e. The molecule has 2 aliphatic carbocycles. The van der Waals surface area contributed by atoms with Crippen LogP contribution in [0.1, 0.15) is 88.5 Å². The van der Waals surface area contributed by atoms with Gasteiger partial charge in [0.15, 0.2) is 5.78 Å². The second-order valence-electron chi connectivity index (χ2n) is 7.94. The minimum atomic E-state index is -0.308. The number of carbonyl (C=O) groups is 2. The molecule has 4 heteroatoms. The Kier molecular flexibility index (Phi) is 5.15. The summed E-state index contributed by atoms with van der Waals surface area (Å²) in [6, 6.07) is 10.1. The molecule has 0 aliphatic heterocycles. The van der Waals surface area contributed by atoms with Gasteiger partial charge in [-0.1, -0.05) is 43.2 Å². The summed E-state index contributed by atoms with van der Waals surface area (Å²) in [4.78, 5) is 28.8. The molecule has 4 rings (SSSR count). The van der Waals surface area contributed by atoms with Crippen LogP contribution in [0.4, 0.5) is 0 Å². The lowest BCUT2D eigenvalue weighted by molar-refractivity contribution is 0.0260. The Labute approximate surface area is 160 Å². The van der Waals surface area contributed by atoms with Crippen LogP contribution < -0.4 is 0 Å². The van der Waals surface area contributed by atoms with Gasteiger partial charge in [0.2, 0.25) is 0 Å². The molecule has 1 saturated carbocycles. The number of aromatic nitrogens is 1. The number of rotatable bonds is 3. The normalized spacial score (nSPS) is 20.8. The SMILES string of the molecule is Cc1c(C(=O)OC2CCCCCC2)[nH]c2c1C(=O)C[C@@H](c1ccccc1)C2. The number of benzene rings is 1. The van der Waals surface area contributed by atoms with E-state index in [-0.39, 0.29) is 23.8 Å². The topological polar surface area (TPSA) is 59.2 Å². The fourth-order valence-electron chi connectivity index (χ4n) is 4.57. The lowest BCUT2D eigenvalue weighted by Crippen LogP contribution is -2.18. The molecule has 0 saturated heterocycles. The zero-order valence-corrected chi connectivity index (χ0v) is 15.9. The number of ketones is 1. The molecule has 1 N–H and O–H groups in total. The highest BCUT2D eigenvalue weighted by Crippen LogP contribution is 2.35. The Morgan fingerprint density at radius 2 is 1.74 bits per heavy atom. The van der Waals surface area contributed by atoms with Crippen molar-refractivity contribution in [1.29, 1.82) is 0 Å². The van der Waals surface area contributed by atoms with E-state index in [1.165, 1.54) is 18.4 Å². The van der Waals surface area contributed by atoms with E-state index in [1.807, 2.05) is 25.1 Å². The van der Waals surface area contributed by atoms with Crippen molar-refractivity contribution in [3.05, 3.63) is 58.4 Å².